The van der Waals surface area contributed by atoms with Crippen LogP contribution in [0.4, 0.5) is 0 Å². The van der Waals surface area contributed by atoms with Crippen molar-refractivity contribution in [2.45, 2.75) is 38.7 Å². The number of carbonyl (C=O) groups excluding carboxylic acids is 1. The Labute approximate surface area is 116 Å². The number of fused-ring (bicyclic) bond motifs is 4. The van der Waals surface area contributed by atoms with Gasteiger partial charge < -0.3 is 9.53 Å². The van der Waals surface area contributed by atoms with Crippen LogP contribution in [-0.2, 0) is 10.2 Å². The molecule has 0 amide bonds. The summed E-state index contributed by atoms with van der Waals surface area (Å²) in [5, 5.41) is 0. The quantitative estimate of drug-likeness (QED) is 0.741. The fourth-order valence-electron chi connectivity index (χ4n) is 3.53. The molecule has 1 saturated carbocycles. The molecule has 0 saturated heterocycles. The van der Waals surface area contributed by atoms with Crippen LogP contribution in [0.15, 0.2) is 16.6 Å². The number of carbonyl (C=O) groups is 1. The molecule has 1 heterocycles. The molecule has 0 radical (unpaired) electrons. The maximum atomic E-state index is 11.3. The van der Waals surface area contributed by atoms with E-state index in [2.05, 4.69) is 48.8 Å². The lowest BCUT2D eigenvalue weighted by Gasteiger charge is -2.35. The minimum Gasteiger partial charge on any atom is -0.489 e. The van der Waals surface area contributed by atoms with Crippen molar-refractivity contribution in [2.75, 3.05) is 0 Å². The second-order valence-corrected chi connectivity index (χ2v) is 6.73. The van der Waals surface area contributed by atoms with Gasteiger partial charge in [0.25, 0.3) is 0 Å². The van der Waals surface area contributed by atoms with E-state index in [1.807, 2.05) is 0 Å². The summed E-state index contributed by atoms with van der Waals surface area (Å²) in [6.07, 6.45) is 2.07. The number of aryl methyl sites for hydroxylation is 1. The Kier molecular flexibility index (Phi) is 2.60. The number of rotatable bonds is 1. The Morgan fingerprint density at radius 3 is 2.89 bits per heavy atom. The highest BCUT2D eigenvalue weighted by atomic mass is 79.9. The Balaban J connectivity index is 2.18. The fourth-order valence-corrected chi connectivity index (χ4v) is 3.87. The molecule has 1 aliphatic heterocycles. The van der Waals surface area contributed by atoms with Crippen molar-refractivity contribution in [2.24, 2.45) is 11.8 Å². The molecule has 2 bridgehead atoms. The Hall–Kier alpha value is -0.830. The Morgan fingerprint density at radius 2 is 2.22 bits per heavy atom. The lowest BCUT2D eigenvalue weighted by molar-refractivity contribution is -0.113. The Morgan fingerprint density at radius 1 is 1.50 bits per heavy atom. The van der Waals surface area contributed by atoms with Crippen molar-refractivity contribution in [1.29, 1.82) is 0 Å². The maximum absolute atomic E-state index is 11.3. The van der Waals surface area contributed by atoms with E-state index in [1.165, 1.54) is 11.1 Å². The summed E-state index contributed by atoms with van der Waals surface area (Å²) in [6.45, 7) is 6.50. The molecule has 0 spiro atoms. The minimum atomic E-state index is 0.0153. The van der Waals surface area contributed by atoms with E-state index in [1.54, 1.807) is 0 Å². The van der Waals surface area contributed by atoms with Crippen LogP contribution in [0.25, 0.3) is 0 Å². The van der Waals surface area contributed by atoms with Gasteiger partial charge in [-0.25, -0.2) is 0 Å². The van der Waals surface area contributed by atoms with Gasteiger partial charge in [0.2, 0.25) is 0 Å². The van der Waals surface area contributed by atoms with Crippen LogP contribution in [0.1, 0.15) is 31.4 Å². The smallest absolute Gasteiger partial charge is 0.127 e. The van der Waals surface area contributed by atoms with E-state index in [9.17, 15) is 4.79 Å². The molecule has 1 fully saturated rings. The first-order chi connectivity index (χ1) is 8.47. The molecule has 2 aliphatic rings. The van der Waals surface area contributed by atoms with Crippen molar-refractivity contribution >= 4 is 22.2 Å². The van der Waals surface area contributed by atoms with Gasteiger partial charge >= 0.3 is 0 Å². The average molecular weight is 309 g/mol. The van der Waals surface area contributed by atoms with Gasteiger partial charge in [-0.1, -0.05) is 29.8 Å². The number of benzene rings is 1. The van der Waals surface area contributed by atoms with Crippen LogP contribution >= 0.6 is 15.9 Å². The second-order valence-electron chi connectivity index (χ2n) is 5.88. The largest absolute Gasteiger partial charge is 0.489 e. The zero-order valence-electron chi connectivity index (χ0n) is 10.9. The number of halogens is 1. The number of hydrogen-bond donors (Lipinski definition) is 0. The van der Waals surface area contributed by atoms with Gasteiger partial charge in [0.15, 0.2) is 0 Å². The molecule has 96 valence electrons. The van der Waals surface area contributed by atoms with Gasteiger partial charge in [-0.15, -0.1) is 0 Å². The first-order valence-electron chi connectivity index (χ1n) is 6.40. The molecule has 2 nitrogen and oxygen atoms in total. The highest BCUT2D eigenvalue weighted by Crippen LogP contribution is 2.55. The summed E-state index contributed by atoms with van der Waals surface area (Å²) in [7, 11) is 0. The normalized spacial score (nSPS) is 37.0. The third-order valence-electron chi connectivity index (χ3n) is 4.95. The molecule has 18 heavy (non-hydrogen) atoms. The number of aldehydes is 1. The predicted molar refractivity (Wildman–Crippen MR) is 74.0 cm³/mol. The molecule has 1 aromatic carbocycles. The Bertz CT molecular complexity index is 525. The maximum Gasteiger partial charge on any atom is 0.127 e. The molecule has 4 atom stereocenters. The van der Waals surface area contributed by atoms with Gasteiger partial charge in [0.1, 0.15) is 18.1 Å². The zero-order chi connectivity index (χ0) is 13.1. The molecule has 0 aromatic heterocycles. The van der Waals surface area contributed by atoms with E-state index in [-0.39, 0.29) is 17.4 Å². The van der Waals surface area contributed by atoms with Crippen LogP contribution in [0.3, 0.4) is 0 Å². The van der Waals surface area contributed by atoms with Crippen LogP contribution < -0.4 is 4.74 Å². The highest BCUT2D eigenvalue weighted by Gasteiger charge is 2.54. The highest BCUT2D eigenvalue weighted by molar-refractivity contribution is 9.10. The van der Waals surface area contributed by atoms with Gasteiger partial charge in [-0.3, -0.25) is 0 Å². The van der Waals surface area contributed by atoms with Crippen molar-refractivity contribution in [1.82, 2.24) is 0 Å². The monoisotopic (exact) mass is 308 g/mol. The van der Waals surface area contributed by atoms with E-state index < -0.39 is 0 Å². The van der Waals surface area contributed by atoms with Gasteiger partial charge in [0, 0.05) is 15.5 Å². The molecule has 3 rings (SSSR count). The van der Waals surface area contributed by atoms with Gasteiger partial charge in [0.05, 0.1) is 5.92 Å². The lowest BCUT2D eigenvalue weighted by Crippen LogP contribution is -2.30. The van der Waals surface area contributed by atoms with E-state index in [0.29, 0.717) is 5.92 Å². The van der Waals surface area contributed by atoms with Crippen LogP contribution in [0.2, 0.25) is 0 Å². The molecular weight excluding hydrogens is 292 g/mol. The second kappa shape index (κ2) is 3.83. The van der Waals surface area contributed by atoms with E-state index in [0.717, 1.165) is 22.9 Å². The van der Waals surface area contributed by atoms with Gasteiger partial charge in [-0.2, -0.15) is 0 Å². The first kappa shape index (κ1) is 12.2. The first-order valence-corrected chi connectivity index (χ1v) is 7.19. The minimum absolute atomic E-state index is 0.0153. The van der Waals surface area contributed by atoms with Crippen molar-refractivity contribution in [3.05, 3.63) is 27.7 Å². The summed E-state index contributed by atoms with van der Waals surface area (Å²) in [5.41, 5.74) is 2.47. The predicted octanol–water partition coefficient (Wildman–Crippen LogP) is 3.63. The summed E-state index contributed by atoms with van der Waals surface area (Å²) in [6, 6.07) is 4.26. The standard InChI is InChI=1S/C15H17BrO2/c1-8-4-13-11(5-12(8)16)15(3)6-14(18-13)10(7-17)9(15)2/h4-5,7,9-10,14H,6H2,1-3H3. The lowest BCUT2D eigenvalue weighted by atomic mass is 9.72. The zero-order valence-corrected chi connectivity index (χ0v) is 12.5. The molecule has 1 aromatic rings. The number of hydrogen-bond acceptors (Lipinski definition) is 2. The van der Waals surface area contributed by atoms with E-state index >= 15 is 0 Å². The number of ether oxygens (including phenoxy) is 1. The molecule has 4 unspecified atom stereocenters. The van der Waals surface area contributed by atoms with Crippen LogP contribution in [0, 0.1) is 18.8 Å². The SMILES string of the molecule is Cc1cc2c(cc1Br)C1(C)CC(O2)C(C=O)C1C. The third kappa shape index (κ3) is 1.43. The summed E-state index contributed by atoms with van der Waals surface area (Å²) >= 11 is 3.60. The van der Waals surface area contributed by atoms with Crippen molar-refractivity contribution in [3.8, 4) is 5.75 Å². The van der Waals surface area contributed by atoms with Gasteiger partial charge in [-0.05, 0) is 37.0 Å². The van der Waals surface area contributed by atoms with E-state index in [4.69, 9.17) is 4.74 Å². The van der Waals surface area contributed by atoms with Crippen molar-refractivity contribution < 1.29 is 9.53 Å². The van der Waals surface area contributed by atoms with Crippen LogP contribution in [0.5, 0.6) is 5.75 Å². The summed E-state index contributed by atoms with van der Waals surface area (Å²) in [5.74, 6) is 1.31. The van der Waals surface area contributed by atoms with Crippen LogP contribution in [-0.4, -0.2) is 12.4 Å². The average Bonchev–Trinajstić information content (AvgIpc) is 2.52. The molecular formula is C15H17BrO2. The summed E-state index contributed by atoms with van der Waals surface area (Å²) < 4.78 is 7.16. The molecule has 1 aliphatic carbocycles. The molecule has 0 N–H and O–H groups in total. The third-order valence-corrected chi connectivity index (χ3v) is 5.80. The fraction of sp³-hybridized carbons (Fsp3) is 0.533. The topological polar surface area (TPSA) is 26.3 Å². The van der Waals surface area contributed by atoms with Crippen molar-refractivity contribution in [3.63, 3.8) is 0 Å². The summed E-state index contributed by atoms with van der Waals surface area (Å²) in [4.78, 5) is 11.3. The molecule has 3 heteroatoms.